The van der Waals surface area contributed by atoms with Gasteiger partial charge >= 0.3 is 0 Å². The molecule has 1 aliphatic heterocycles. The van der Waals surface area contributed by atoms with Crippen molar-refractivity contribution < 1.29 is 0 Å². The van der Waals surface area contributed by atoms with Crippen LogP contribution < -0.4 is 5.32 Å². The molecule has 0 aliphatic carbocycles. The molecule has 3 rings (SSSR count). The Morgan fingerprint density at radius 3 is 2.75 bits per heavy atom. The minimum absolute atomic E-state index is 0.879. The fourth-order valence-electron chi connectivity index (χ4n) is 2.78. The summed E-state index contributed by atoms with van der Waals surface area (Å²) in [5, 5.41) is 3.15. The molecule has 1 N–H and O–H groups in total. The van der Waals surface area contributed by atoms with Crippen molar-refractivity contribution in [3.8, 4) is 0 Å². The Labute approximate surface area is 120 Å². The van der Waals surface area contributed by atoms with E-state index in [1.807, 2.05) is 13.2 Å². The number of nitrogens with zero attached hydrogens (tertiary/aromatic N) is 2. The van der Waals surface area contributed by atoms with E-state index in [-0.39, 0.29) is 0 Å². The normalized spacial score (nSPS) is 15.1. The van der Waals surface area contributed by atoms with Gasteiger partial charge in [-0.2, -0.15) is 0 Å². The van der Waals surface area contributed by atoms with Gasteiger partial charge in [-0.05, 0) is 36.2 Å². The fourth-order valence-corrected chi connectivity index (χ4v) is 2.78. The van der Waals surface area contributed by atoms with Gasteiger partial charge in [-0.15, -0.1) is 0 Å². The van der Waals surface area contributed by atoms with Gasteiger partial charge in [0.15, 0.2) is 0 Å². The summed E-state index contributed by atoms with van der Waals surface area (Å²) >= 11 is 0. The lowest BCUT2D eigenvalue weighted by atomic mass is 10.00. The molecule has 1 aliphatic rings. The molecule has 1 aromatic carbocycles. The number of pyridine rings is 1. The molecule has 2 heterocycles. The van der Waals surface area contributed by atoms with Crippen LogP contribution in [0.2, 0.25) is 0 Å². The lowest BCUT2D eigenvalue weighted by Gasteiger charge is -2.28. The summed E-state index contributed by atoms with van der Waals surface area (Å²) in [5.41, 5.74) is 5.36. The summed E-state index contributed by atoms with van der Waals surface area (Å²) in [4.78, 5) is 7.04. The molecule has 1 aromatic heterocycles. The standard InChI is InChI=1S/C17H21N3/c1-18-10-14-6-7-17(19-11-14)13-20-9-8-15-4-2-3-5-16(15)12-20/h2-7,11,18H,8-10,12-13H2,1H3. The van der Waals surface area contributed by atoms with Crippen molar-refractivity contribution >= 4 is 0 Å². The van der Waals surface area contributed by atoms with Gasteiger partial charge in [-0.1, -0.05) is 30.3 Å². The molecule has 0 bridgehead atoms. The molecule has 0 radical (unpaired) electrons. The van der Waals surface area contributed by atoms with Crippen LogP contribution in [-0.4, -0.2) is 23.5 Å². The van der Waals surface area contributed by atoms with Crippen molar-refractivity contribution in [1.82, 2.24) is 15.2 Å². The van der Waals surface area contributed by atoms with E-state index in [0.717, 1.165) is 38.3 Å². The number of nitrogens with one attached hydrogen (secondary N) is 1. The third-order valence-corrected chi connectivity index (χ3v) is 3.86. The Morgan fingerprint density at radius 1 is 1.15 bits per heavy atom. The monoisotopic (exact) mass is 267 g/mol. The van der Waals surface area contributed by atoms with Crippen LogP contribution in [0.5, 0.6) is 0 Å². The summed E-state index contributed by atoms with van der Waals surface area (Å²) in [6.45, 7) is 3.98. The summed E-state index contributed by atoms with van der Waals surface area (Å²) < 4.78 is 0. The van der Waals surface area contributed by atoms with E-state index < -0.39 is 0 Å². The van der Waals surface area contributed by atoms with Crippen molar-refractivity contribution in [2.45, 2.75) is 26.1 Å². The molecule has 0 fully saturated rings. The molecule has 0 saturated heterocycles. The zero-order chi connectivity index (χ0) is 13.8. The molecule has 20 heavy (non-hydrogen) atoms. The zero-order valence-electron chi connectivity index (χ0n) is 12.0. The Bertz CT molecular complexity index is 563. The molecule has 2 aromatic rings. The highest BCUT2D eigenvalue weighted by atomic mass is 15.1. The number of aromatic nitrogens is 1. The van der Waals surface area contributed by atoms with Crippen LogP contribution in [0.25, 0.3) is 0 Å². The number of hydrogen-bond acceptors (Lipinski definition) is 3. The number of fused-ring (bicyclic) bond motifs is 1. The predicted octanol–water partition coefficient (Wildman–Crippen LogP) is 2.36. The lowest BCUT2D eigenvalue weighted by Crippen LogP contribution is -2.30. The first kappa shape index (κ1) is 13.3. The molecule has 3 heteroatoms. The minimum Gasteiger partial charge on any atom is -0.316 e. The van der Waals surface area contributed by atoms with Crippen LogP contribution in [0, 0.1) is 0 Å². The maximum atomic E-state index is 4.57. The van der Waals surface area contributed by atoms with Crippen LogP contribution in [0.15, 0.2) is 42.6 Å². The number of benzene rings is 1. The third kappa shape index (κ3) is 3.06. The highest BCUT2D eigenvalue weighted by Gasteiger charge is 2.15. The summed E-state index contributed by atoms with van der Waals surface area (Å²) in [5.74, 6) is 0. The quantitative estimate of drug-likeness (QED) is 0.921. The average molecular weight is 267 g/mol. The largest absolute Gasteiger partial charge is 0.316 e. The van der Waals surface area contributed by atoms with E-state index in [2.05, 4.69) is 51.6 Å². The molecular weight excluding hydrogens is 246 g/mol. The smallest absolute Gasteiger partial charge is 0.0544 e. The first-order valence-corrected chi connectivity index (χ1v) is 7.22. The minimum atomic E-state index is 0.879. The van der Waals surface area contributed by atoms with Crippen LogP contribution in [-0.2, 0) is 26.1 Å². The van der Waals surface area contributed by atoms with Crippen molar-refractivity contribution in [3.63, 3.8) is 0 Å². The van der Waals surface area contributed by atoms with E-state index in [9.17, 15) is 0 Å². The second-order valence-corrected chi connectivity index (χ2v) is 5.42. The highest BCUT2D eigenvalue weighted by Crippen LogP contribution is 2.19. The lowest BCUT2D eigenvalue weighted by molar-refractivity contribution is 0.242. The van der Waals surface area contributed by atoms with Crippen LogP contribution >= 0.6 is 0 Å². The van der Waals surface area contributed by atoms with E-state index >= 15 is 0 Å². The van der Waals surface area contributed by atoms with Crippen molar-refractivity contribution in [1.29, 1.82) is 0 Å². The number of hydrogen-bond donors (Lipinski definition) is 1. The molecule has 3 nitrogen and oxygen atoms in total. The highest BCUT2D eigenvalue weighted by molar-refractivity contribution is 5.29. The third-order valence-electron chi connectivity index (χ3n) is 3.86. The predicted molar refractivity (Wildman–Crippen MR) is 81.3 cm³/mol. The topological polar surface area (TPSA) is 28.2 Å². The molecule has 0 amide bonds. The molecular formula is C17H21N3. The summed E-state index contributed by atoms with van der Waals surface area (Å²) in [7, 11) is 1.96. The van der Waals surface area contributed by atoms with Gasteiger partial charge < -0.3 is 5.32 Å². The van der Waals surface area contributed by atoms with Crippen molar-refractivity contribution in [3.05, 3.63) is 65.0 Å². The van der Waals surface area contributed by atoms with Gasteiger partial charge in [0.05, 0.1) is 5.69 Å². The summed E-state index contributed by atoms with van der Waals surface area (Å²) in [6, 6.07) is 13.1. The zero-order valence-corrected chi connectivity index (χ0v) is 12.0. The Balaban J connectivity index is 1.64. The first-order valence-electron chi connectivity index (χ1n) is 7.22. The summed E-state index contributed by atoms with van der Waals surface area (Å²) in [6.07, 6.45) is 3.12. The Hall–Kier alpha value is -1.71. The first-order chi connectivity index (χ1) is 9.85. The van der Waals surface area contributed by atoms with Gasteiger partial charge in [0.1, 0.15) is 0 Å². The van der Waals surface area contributed by atoms with E-state index in [4.69, 9.17) is 0 Å². The molecule has 0 atom stereocenters. The van der Waals surface area contributed by atoms with Gasteiger partial charge in [0.2, 0.25) is 0 Å². The molecule has 0 unspecified atom stereocenters. The second-order valence-electron chi connectivity index (χ2n) is 5.42. The molecule has 104 valence electrons. The molecule has 0 spiro atoms. The Morgan fingerprint density at radius 2 is 2.00 bits per heavy atom. The fraction of sp³-hybridized carbons (Fsp3) is 0.353. The SMILES string of the molecule is CNCc1ccc(CN2CCc3ccccc3C2)nc1. The molecule has 0 saturated carbocycles. The van der Waals surface area contributed by atoms with E-state index in [1.165, 1.54) is 16.7 Å². The van der Waals surface area contributed by atoms with Gasteiger partial charge in [0.25, 0.3) is 0 Å². The van der Waals surface area contributed by atoms with E-state index in [0.29, 0.717) is 0 Å². The van der Waals surface area contributed by atoms with Crippen LogP contribution in [0.1, 0.15) is 22.4 Å². The maximum Gasteiger partial charge on any atom is 0.0544 e. The van der Waals surface area contributed by atoms with Crippen LogP contribution in [0.3, 0.4) is 0 Å². The van der Waals surface area contributed by atoms with Crippen molar-refractivity contribution in [2.24, 2.45) is 0 Å². The second kappa shape index (κ2) is 6.16. The maximum absolute atomic E-state index is 4.57. The van der Waals surface area contributed by atoms with Gasteiger partial charge in [-0.25, -0.2) is 0 Å². The van der Waals surface area contributed by atoms with E-state index in [1.54, 1.807) is 0 Å². The Kier molecular flexibility index (Phi) is 4.09. The van der Waals surface area contributed by atoms with Crippen LogP contribution in [0.4, 0.5) is 0 Å². The van der Waals surface area contributed by atoms with Gasteiger partial charge in [0, 0.05) is 32.4 Å². The van der Waals surface area contributed by atoms with Crippen molar-refractivity contribution in [2.75, 3.05) is 13.6 Å². The van der Waals surface area contributed by atoms with Gasteiger partial charge in [-0.3, -0.25) is 9.88 Å². The average Bonchev–Trinajstić information content (AvgIpc) is 2.49. The number of rotatable bonds is 4.